The molecule has 5 nitrogen and oxygen atoms in total. The zero-order valence-corrected chi connectivity index (χ0v) is 9.20. The number of carbonyl (C=O) groups is 1. The van der Waals surface area contributed by atoms with Crippen LogP contribution in [-0.2, 0) is 0 Å². The van der Waals surface area contributed by atoms with Gasteiger partial charge in [0.25, 0.3) is 0 Å². The van der Waals surface area contributed by atoms with E-state index in [1.807, 2.05) is 18.2 Å². The second-order valence-electron chi connectivity index (χ2n) is 3.73. The van der Waals surface area contributed by atoms with E-state index in [1.54, 1.807) is 18.6 Å². The quantitative estimate of drug-likeness (QED) is 0.745. The number of aromatic carboxylic acids is 1. The van der Waals surface area contributed by atoms with Crippen molar-refractivity contribution in [2.75, 3.05) is 0 Å². The Morgan fingerprint density at radius 2 is 1.94 bits per heavy atom. The Balaban J connectivity index is 2.27. The van der Waals surface area contributed by atoms with Crippen LogP contribution in [0.15, 0.2) is 47.3 Å². The van der Waals surface area contributed by atoms with Gasteiger partial charge in [-0.2, -0.15) is 0 Å². The fraction of sp³-hybridized carbons (Fsp3) is 0. The molecule has 0 aliphatic carbocycles. The second-order valence-corrected chi connectivity index (χ2v) is 3.73. The average molecular weight is 240 g/mol. The first kappa shape index (κ1) is 10.5. The van der Waals surface area contributed by atoms with Gasteiger partial charge in [-0.3, -0.25) is 4.98 Å². The molecular formula is C13H8N2O3. The third kappa shape index (κ3) is 1.62. The predicted molar refractivity (Wildman–Crippen MR) is 64.2 cm³/mol. The Morgan fingerprint density at radius 3 is 2.67 bits per heavy atom. The molecule has 3 heterocycles. The van der Waals surface area contributed by atoms with Crippen molar-refractivity contribution in [3.05, 3.63) is 48.6 Å². The molecule has 3 rings (SSSR count). The normalized spacial score (nSPS) is 10.7. The van der Waals surface area contributed by atoms with Gasteiger partial charge in [-0.25, -0.2) is 9.78 Å². The third-order valence-corrected chi connectivity index (χ3v) is 2.64. The van der Waals surface area contributed by atoms with Crippen LogP contribution in [0.5, 0.6) is 0 Å². The van der Waals surface area contributed by atoms with Gasteiger partial charge in [-0.15, -0.1) is 0 Å². The average Bonchev–Trinajstić information content (AvgIpc) is 2.83. The maximum absolute atomic E-state index is 10.9. The molecule has 0 atom stereocenters. The standard InChI is InChI=1S/C13H8N2O3/c16-13(17)11-7-10-9(3-6-15-12(10)18-11)8-1-4-14-5-2-8/h1-7H,(H,16,17). The van der Waals surface area contributed by atoms with Crippen LogP contribution < -0.4 is 0 Å². The maximum Gasteiger partial charge on any atom is 0.371 e. The van der Waals surface area contributed by atoms with E-state index in [9.17, 15) is 4.79 Å². The van der Waals surface area contributed by atoms with E-state index in [4.69, 9.17) is 9.52 Å². The van der Waals surface area contributed by atoms with Crippen LogP contribution in [0.4, 0.5) is 0 Å². The summed E-state index contributed by atoms with van der Waals surface area (Å²) in [4.78, 5) is 18.9. The second kappa shape index (κ2) is 3.96. The molecule has 18 heavy (non-hydrogen) atoms. The van der Waals surface area contributed by atoms with Crippen molar-refractivity contribution in [1.29, 1.82) is 0 Å². The molecule has 0 unspecified atom stereocenters. The first-order valence-corrected chi connectivity index (χ1v) is 5.28. The minimum atomic E-state index is -1.10. The van der Waals surface area contributed by atoms with Crippen LogP contribution >= 0.6 is 0 Å². The number of hydrogen-bond donors (Lipinski definition) is 1. The van der Waals surface area contributed by atoms with Crippen LogP contribution in [0.2, 0.25) is 0 Å². The van der Waals surface area contributed by atoms with Gasteiger partial charge in [0.15, 0.2) is 0 Å². The summed E-state index contributed by atoms with van der Waals surface area (Å²) in [6.45, 7) is 0. The number of pyridine rings is 2. The zero-order chi connectivity index (χ0) is 12.5. The molecule has 0 fully saturated rings. The Kier molecular flexibility index (Phi) is 2.30. The van der Waals surface area contributed by atoms with E-state index in [0.717, 1.165) is 11.1 Å². The summed E-state index contributed by atoms with van der Waals surface area (Å²) in [7, 11) is 0. The van der Waals surface area contributed by atoms with Crippen molar-refractivity contribution in [2.24, 2.45) is 0 Å². The lowest BCUT2D eigenvalue weighted by atomic mass is 10.1. The van der Waals surface area contributed by atoms with Gasteiger partial charge >= 0.3 is 5.97 Å². The molecular weight excluding hydrogens is 232 g/mol. The largest absolute Gasteiger partial charge is 0.475 e. The SMILES string of the molecule is O=C(O)c1cc2c(-c3ccncc3)ccnc2o1. The summed E-state index contributed by atoms with van der Waals surface area (Å²) in [5, 5.41) is 9.60. The van der Waals surface area contributed by atoms with E-state index in [2.05, 4.69) is 9.97 Å². The molecule has 0 aliphatic heterocycles. The van der Waals surface area contributed by atoms with Crippen molar-refractivity contribution in [1.82, 2.24) is 9.97 Å². The van der Waals surface area contributed by atoms with Crippen molar-refractivity contribution in [2.45, 2.75) is 0 Å². The van der Waals surface area contributed by atoms with Gasteiger partial charge in [0.2, 0.25) is 11.5 Å². The highest BCUT2D eigenvalue weighted by atomic mass is 16.4. The monoisotopic (exact) mass is 240 g/mol. The molecule has 0 aliphatic rings. The van der Waals surface area contributed by atoms with Gasteiger partial charge in [-0.1, -0.05) is 0 Å². The van der Waals surface area contributed by atoms with Crippen LogP contribution in [-0.4, -0.2) is 21.0 Å². The van der Waals surface area contributed by atoms with Crippen LogP contribution in [0.3, 0.4) is 0 Å². The Hall–Kier alpha value is -2.69. The molecule has 0 saturated carbocycles. The minimum Gasteiger partial charge on any atom is -0.475 e. The Morgan fingerprint density at radius 1 is 1.17 bits per heavy atom. The maximum atomic E-state index is 10.9. The number of furan rings is 1. The van der Waals surface area contributed by atoms with E-state index < -0.39 is 5.97 Å². The molecule has 1 N–H and O–H groups in total. The first-order valence-electron chi connectivity index (χ1n) is 5.28. The minimum absolute atomic E-state index is 0.112. The summed E-state index contributed by atoms with van der Waals surface area (Å²) < 4.78 is 5.17. The number of aromatic nitrogens is 2. The van der Waals surface area contributed by atoms with Crippen molar-refractivity contribution in [3.63, 3.8) is 0 Å². The van der Waals surface area contributed by atoms with Gasteiger partial charge in [-0.05, 0) is 29.3 Å². The number of carboxylic acid groups (broad SMARTS) is 1. The molecule has 3 aromatic rings. The van der Waals surface area contributed by atoms with Crippen LogP contribution in [0.25, 0.3) is 22.2 Å². The van der Waals surface area contributed by atoms with Crippen LogP contribution in [0.1, 0.15) is 10.6 Å². The van der Waals surface area contributed by atoms with E-state index in [0.29, 0.717) is 11.1 Å². The highest BCUT2D eigenvalue weighted by molar-refractivity contribution is 5.97. The Labute approximate surface area is 102 Å². The number of carboxylic acids is 1. The summed E-state index contributed by atoms with van der Waals surface area (Å²) in [5.74, 6) is -1.22. The number of hydrogen-bond acceptors (Lipinski definition) is 4. The van der Waals surface area contributed by atoms with Gasteiger partial charge in [0.05, 0.1) is 0 Å². The molecule has 5 heteroatoms. The molecule has 0 saturated heterocycles. The van der Waals surface area contributed by atoms with Crippen LogP contribution in [0, 0.1) is 0 Å². The number of rotatable bonds is 2. The smallest absolute Gasteiger partial charge is 0.371 e. The zero-order valence-electron chi connectivity index (χ0n) is 9.20. The van der Waals surface area contributed by atoms with Crippen molar-refractivity contribution in [3.8, 4) is 11.1 Å². The topological polar surface area (TPSA) is 76.2 Å². The lowest BCUT2D eigenvalue weighted by molar-refractivity contribution is 0.0664. The highest BCUT2D eigenvalue weighted by Gasteiger charge is 2.14. The molecule has 0 radical (unpaired) electrons. The molecule has 0 bridgehead atoms. The fourth-order valence-electron chi connectivity index (χ4n) is 1.83. The first-order chi connectivity index (χ1) is 8.75. The molecule has 0 spiro atoms. The number of fused-ring (bicyclic) bond motifs is 1. The summed E-state index contributed by atoms with van der Waals surface area (Å²) >= 11 is 0. The summed E-state index contributed by atoms with van der Waals surface area (Å²) in [6, 6.07) is 7.00. The van der Waals surface area contributed by atoms with Crippen molar-refractivity contribution < 1.29 is 14.3 Å². The van der Waals surface area contributed by atoms with E-state index in [-0.39, 0.29) is 5.76 Å². The van der Waals surface area contributed by atoms with E-state index in [1.165, 1.54) is 6.07 Å². The molecule has 88 valence electrons. The van der Waals surface area contributed by atoms with Gasteiger partial charge in [0, 0.05) is 30.0 Å². The predicted octanol–water partition coefficient (Wildman–Crippen LogP) is 2.59. The molecule has 0 aromatic carbocycles. The molecule has 0 amide bonds. The van der Waals surface area contributed by atoms with E-state index >= 15 is 0 Å². The lowest BCUT2D eigenvalue weighted by Gasteiger charge is -2.00. The fourth-order valence-corrected chi connectivity index (χ4v) is 1.83. The lowest BCUT2D eigenvalue weighted by Crippen LogP contribution is -1.91. The summed E-state index contributed by atoms with van der Waals surface area (Å²) in [5.41, 5.74) is 2.13. The number of nitrogens with zero attached hydrogens (tertiary/aromatic N) is 2. The molecule has 3 aromatic heterocycles. The third-order valence-electron chi connectivity index (χ3n) is 2.64. The van der Waals surface area contributed by atoms with Gasteiger partial charge in [0.1, 0.15) is 0 Å². The Bertz CT molecular complexity index is 719. The highest BCUT2D eigenvalue weighted by Crippen LogP contribution is 2.29. The summed E-state index contributed by atoms with van der Waals surface area (Å²) in [6.07, 6.45) is 4.95. The van der Waals surface area contributed by atoms with Crippen molar-refractivity contribution >= 4 is 17.1 Å². The van der Waals surface area contributed by atoms with Gasteiger partial charge < -0.3 is 9.52 Å².